The van der Waals surface area contributed by atoms with Crippen molar-refractivity contribution in [3.63, 3.8) is 0 Å². The summed E-state index contributed by atoms with van der Waals surface area (Å²) in [6, 6.07) is 5.99. The largest absolute Gasteiger partial charge is 0.493 e. The third-order valence-corrected chi connectivity index (χ3v) is 8.64. The van der Waals surface area contributed by atoms with Gasteiger partial charge >= 0.3 is 0 Å². The molecule has 2 aromatic rings. The summed E-state index contributed by atoms with van der Waals surface area (Å²) in [6.45, 7) is 3.85. The van der Waals surface area contributed by atoms with Crippen LogP contribution in [-0.2, 0) is 16.0 Å². The summed E-state index contributed by atoms with van der Waals surface area (Å²) in [4.78, 5) is 38.7. The van der Waals surface area contributed by atoms with Crippen LogP contribution in [0.1, 0.15) is 50.3 Å². The summed E-state index contributed by atoms with van der Waals surface area (Å²) in [6.07, 6.45) is 8.05. The van der Waals surface area contributed by atoms with Crippen LogP contribution >= 0.6 is 0 Å². The summed E-state index contributed by atoms with van der Waals surface area (Å²) in [5.74, 6) is 2.80. The molecule has 5 rings (SSSR count). The quantitative estimate of drug-likeness (QED) is 0.397. The van der Waals surface area contributed by atoms with Gasteiger partial charge in [-0.15, -0.1) is 0 Å². The Kier molecular flexibility index (Phi) is 8.24. The van der Waals surface area contributed by atoms with E-state index in [1.807, 2.05) is 12.1 Å². The van der Waals surface area contributed by atoms with Crippen LogP contribution in [0.5, 0.6) is 17.2 Å². The summed E-state index contributed by atoms with van der Waals surface area (Å²) in [7, 11) is 4.69. The molecule has 1 saturated carbocycles. The molecule has 0 aromatic heterocycles. The first-order valence-electron chi connectivity index (χ1n) is 14.2. The van der Waals surface area contributed by atoms with E-state index >= 15 is 0 Å². The van der Waals surface area contributed by atoms with E-state index in [4.69, 9.17) is 14.2 Å². The van der Waals surface area contributed by atoms with Crippen molar-refractivity contribution >= 4 is 17.5 Å². The van der Waals surface area contributed by atoms with Gasteiger partial charge in [-0.1, -0.05) is 18.2 Å². The Hall–Kier alpha value is -4.01. The average molecular weight is 562 g/mol. The number of methoxy groups -OCH3 is 3. The fraction of sp³-hybridized carbons (Fsp3) is 0.469. The Morgan fingerprint density at radius 2 is 1.80 bits per heavy atom. The van der Waals surface area contributed by atoms with Crippen LogP contribution in [0.2, 0.25) is 0 Å². The van der Waals surface area contributed by atoms with E-state index in [9.17, 15) is 14.4 Å². The number of fused-ring (bicyclic) bond motifs is 5. The molecular formula is C32H39N3O6. The number of anilines is 1. The van der Waals surface area contributed by atoms with Crippen molar-refractivity contribution < 1.29 is 23.8 Å². The fourth-order valence-electron chi connectivity index (χ4n) is 6.64. The van der Waals surface area contributed by atoms with Gasteiger partial charge in [-0.3, -0.25) is 14.4 Å². The smallest absolute Gasteiger partial charge is 0.242 e. The van der Waals surface area contributed by atoms with Gasteiger partial charge in [-0.05, 0) is 85.3 Å². The van der Waals surface area contributed by atoms with Crippen molar-refractivity contribution in [3.05, 3.63) is 57.8 Å². The first-order valence-corrected chi connectivity index (χ1v) is 14.2. The Morgan fingerprint density at radius 3 is 2.44 bits per heavy atom. The van der Waals surface area contributed by atoms with Gasteiger partial charge in [0.05, 0.1) is 33.1 Å². The molecule has 0 aliphatic heterocycles. The van der Waals surface area contributed by atoms with Crippen molar-refractivity contribution in [2.75, 3.05) is 33.2 Å². The van der Waals surface area contributed by atoms with Crippen molar-refractivity contribution in [3.8, 4) is 28.4 Å². The molecule has 41 heavy (non-hydrogen) atoms. The number of benzene rings is 1. The number of aryl methyl sites for hydroxylation is 1. The molecule has 0 heterocycles. The van der Waals surface area contributed by atoms with Gasteiger partial charge in [0.1, 0.15) is 6.04 Å². The summed E-state index contributed by atoms with van der Waals surface area (Å²) >= 11 is 0. The monoisotopic (exact) mass is 561 g/mol. The molecule has 218 valence electrons. The normalized spacial score (nSPS) is 22.6. The maximum Gasteiger partial charge on any atom is 0.242 e. The molecule has 3 N–H and O–H groups in total. The zero-order valence-electron chi connectivity index (χ0n) is 24.3. The van der Waals surface area contributed by atoms with Gasteiger partial charge in [0.25, 0.3) is 0 Å². The molecule has 3 aliphatic rings. The highest BCUT2D eigenvalue weighted by molar-refractivity contribution is 5.85. The summed E-state index contributed by atoms with van der Waals surface area (Å²) in [5, 5.41) is 9.21. The molecular weight excluding hydrogens is 522 g/mol. The van der Waals surface area contributed by atoms with Gasteiger partial charge in [0, 0.05) is 19.0 Å². The second-order valence-electron chi connectivity index (χ2n) is 11.2. The van der Waals surface area contributed by atoms with Crippen LogP contribution in [-0.4, -0.2) is 45.7 Å². The molecule has 5 atom stereocenters. The number of carbonyl (C=O) groups excluding carboxylic acids is 2. The third kappa shape index (κ3) is 5.62. The molecule has 0 radical (unpaired) electrons. The number of amides is 2. The highest BCUT2D eigenvalue weighted by Crippen LogP contribution is 2.50. The first kappa shape index (κ1) is 28.5. The van der Waals surface area contributed by atoms with Crippen molar-refractivity contribution in [2.24, 2.45) is 17.8 Å². The number of ether oxygens (including phenoxy) is 3. The highest BCUT2D eigenvalue weighted by atomic mass is 16.5. The van der Waals surface area contributed by atoms with Crippen LogP contribution in [0.4, 0.5) is 5.69 Å². The number of hydrogen-bond donors (Lipinski definition) is 3. The lowest BCUT2D eigenvalue weighted by molar-refractivity contribution is -0.122. The van der Waals surface area contributed by atoms with Gasteiger partial charge in [0.15, 0.2) is 11.5 Å². The molecule has 1 fully saturated rings. The standard InChI is InChI=1S/C32H39N3O6/c1-17(32(38)33-16-22-13-19-6-7-20(22)12-19)34-26-11-9-23-24(15-27(26)37)25(35-18(2)36)10-8-21-14-28(39-3)30(40-4)31(41-5)29(21)23/h6-7,9,11,14-15,17,19-20,22,25H,8,10,12-13,16H2,1-5H3,(H,33,38)(H,34,37)(H,35,36)/t17-,19+,20+,22+,25+/m1/s1. The third-order valence-electron chi connectivity index (χ3n) is 8.64. The highest BCUT2D eigenvalue weighted by Gasteiger charge is 2.36. The number of hydrogen-bond acceptors (Lipinski definition) is 7. The summed E-state index contributed by atoms with van der Waals surface area (Å²) < 4.78 is 17.1. The fourth-order valence-corrected chi connectivity index (χ4v) is 6.64. The lowest BCUT2D eigenvalue weighted by Gasteiger charge is -2.20. The van der Waals surface area contributed by atoms with Gasteiger partial charge in [-0.2, -0.15) is 0 Å². The number of rotatable bonds is 9. The zero-order valence-corrected chi connectivity index (χ0v) is 24.3. The minimum Gasteiger partial charge on any atom is -0.493 e. The van der Waals surface area contributed by atoms with Crippen molar-refractivity contribution in [1.82, 2.24) is 10.6 Å². The Morgan fingerprint density at radius 1 is 1.02 bits per heavy atom. The lowest BCUT2D eigenvalue weighted by atomic mass is 9.93. The predicted octanol–water partition coefficient (Wildman–Crippen LogP) is 3.99. The van der Waals surface area contributed by atoms with E-state index in [1.54, 1.807) is 40.4 Å². The van der Waals surface area contributed by atoms with E-state index in [-0.39, 0.29) is 17.2 Å². The maximum absolute atomic E-state index is 13.5. The number of allylic oxidation sites excluding steroid dienone is 2. The Labute approximate surface area is 240 Å². The summed E-state index contributed by atoms with van der Waals surface area (Å²) in [5.41, 5.74) is 3.16. The van der Waals surface area contributed by atoms with Crippen LogP contribution in [0.3, 0.4) is 0 Å². The number of carbonyl (C=O) groups is 2. The molecule has 3 aliphatic carbocycles. The van der Waals surface area contributed by atoms with Gasteiger partial charge in [-0.25, -0.2) is 0 Å². The molecule has 0 spiro atoms. The first-order chi connectivity index (χ1) is 19.7. The topological polar surface area (TPSA) is 115 Å². The van der Waals surface area contributed by atoms with Crippen LogP contribution < -0.4 is 35.6 Å². The minimum absolute atomic E-state index is 0.149. The molecule has 0 saturated heterocycles. The average Bonchev–Trinajstić information content (AvgIpc) is 3.51. The second kappa shape index (κ2) is 11.8. The van der Waals surface area contributed by atoms with E-state index in [0.717, 1.165) is 23.1 Å². The Bertz CT molecular complexity index is 1440. The molecule has 9 nitrogen and oxygen atoms in total. The van der Waals surface area contributed by atoms with E-state index in [0.29, 0.717) is 65.6 Å². The van der Waals surface area contributed by atoms with E-state index in [1.165, 1.54) is 13.3 Å². The van der Waals surface area contributed by atoms with Crippen molar-refractivity contribution in [2.45, 2.75) is 51.6 Å². The molecule has 2 amide bonds. The maximum atomic E-state index is 13.5. The van der Waals surface area contributed by atoms with Crippen molar-refractivity contribution in [1.29, 1.82) is 0 Å². The van der Waals surface area contributed by atoms with Gasteiger partial charge < -0.3 is 30.2 Å². The van der Waals surface area contributed by atoms with E-state index < -0.39 is 12.1 Å². The second-order valence-corrected chi connectivity index (χ2v) is 11.2. The molecule has 9 heteroatoms. The SMILES string of the molecule is COc1cc2c(c(OC)c1OC)-c1ccc(N[C@H](C)C(=O)NC[C@@H]3C[C@H]4C=C[C@H]3C4)c(=O)cc1[C@@H](NC(C)=O)CC2. The van der Waals surface area contributed by atoms with E-state index in [2.05, 4.69) is 28.1 Å². The lowest BCUT2D eigenvalue weighted by Crippen LogP contribution is -2.41. The van der Waals surface area contributed by atoms with Gasteiger partial charge in [0.2, 0.25) is 23.0 Å². The molecule has 2 aromatic carbocycles. The minimum atomic E-state index is -0.614. The predicted molar refractivity (Wildman–Crippen MR) is 158 cm³/mol. The number of nitrogens with one attached hydrogen (secondary N) is 3. The molecule has 0 unspecified atom stereocenters. The zero-order chi connectivity index (χ0) is 29.3. The van der Waals surface area contributed by atoms with Crippen LogP contribution in [0.25, 0.3) is 11.1 Å². The van der Waals surface area contributed by atoms with Crippen LogP contribution in [0.15, 0.2) is 41.2 Å². The van der Waals surface area contributed by atoms with Crippen LogP contribution in [0, 0.1) is 17.8 Å². The molecule has 2 bridgehead atoms. The Balaban J connectivity index is 1.49.